The maximum Gasteiger partial charge on any atom is 0.216 e. The molecule has 0 N–H and O–H groups in total. The molecule has 4 nitrogen and oxygen atoms in total. The Morgan fingerprint density at radius 2 is 1.82 bits per heavy atom. The fraction of sp³-hybridized carbons (Fsp3) is 0.500. The van der Waals surface area contributed by atoms with Crippen LogP contribution in [0, 0.1) is 25.7 Å². The van der Waals surface area contributed by atoms with Crippen LogP contribution in [-0.4, -0.2) is 21.6 Å². The molecular weight excluding hydrogens is 274 g/mol. The molecule has 0 saturated heterocycles. The number of ether oxygens (including phenoxy) is 1. The topological polar surface area (TPSA) is 47.9 Å². The lowest BCUT2D eigenvalue weighted by Gasteiger charge is -2.15. The van der Waals surface area contributed by atoms with Crippen LogP contribution in [0.5, 0.6) is 5.88 Å². The van der Waals surface area contributed by atoms with Crippen LogP contribution in [0.1, 0.15) is 38.4 Å². The molecular formula is C18H25N3O. The number of pyridine rings is 1. The van der Waals surface area contributed by atoms with Crippen molar-refractivity contribution in [2.24, 2.45) is 11.8 Å². The molecule has 0 spiro atoms. The fourth-order valence-corrected chi connectivity index (χ4v) is 2.56. The van der Waals surface area contributed by atoms with Gasteiger partial charge in [0.1, 0.15) is 6.33 Å². The minimum Gasteiger partial charge on any atom is -0.477 e. The minimum atomic E-state index is 0.533. The van der Waals surface area contributed by atoms with Gasteiger partial charge in [-0.25, -0.2) is 15.0 Å². The number of rotatable bonds is 6. The number of aromatic nitrogens is 3. The van der Waals surface area contributed by atoms with Gasteiger partial charge in [-0.15, -0.1) is 0 Å². The first-order valence-electron chi connectivity index (χ1n) is 7.84. The first-order valence-corrected chi connectivity index (χ1v) is 7.84. The van der Waals surface area contributed by atoms with Crippen LogP contribution in [0.3, 0.4) is 0 Å². The number of nitrogens with zero attached hydrogens (tertiary/aromatic N) is 3. The van der Waals surface area contributed by atoms with Gasteiger partial charge in [0.25, 0.3) is 0 Å². The highest BCUT2D eigenvalue weighted by atomic mass is 16.5. The Bertz CT molecular complexity index is 625. The van der Waals surface area contributed by atoms with E-state index in [0.29, 0.717) is 24.3 Å². The number of aryl methyl sites for hydroxylation is 2. The molecule has 0 fully saturated rings. The number of hydrogen-bond donors (Lipinski definition) is 0. The van der Waals surface area contributed by atoms with E-state index in [1.54, 1.807) is 6.33 Å². The van der Waals surface area contributed by atoms with Crippen LogP contribution in [0.15, 0.2) is 24.7 Å². The van der Waals surface area contributed by atoms with E-state index < -0.39 is 0 Å². The molecule has 1 atom stereocenters. The summed E-state index contributed by atoms with van der Waals surface area (Å²) in [4.78, 5) is 12.9. The van der Waals surface area contributed by atoms with E-state index >= 15 is 0 Å². The van der Waals surface area contributed by atoms with Gasteiger partial charge in [-0.3, -0.25) is 0 Å². The van der Waals surface area contributed by atoms with E-state index in [2.05, 4.69) is 41.8 Å². The standard InChI is InChI=1S/C18H25N3O/c1-12(2)6-13(3)10-22-18-14(4)7-16(9-19-18)17-8-15(5)20-11-21-17/h7-9,11-13H,6,10H2,1-5H3/t13-/m1/s1. The quantitative estimate of drug-likeness (QED) is 0.801. The second kappa shape index (κ2) is 7.34. The summed E-state index contributed by atoms with van der Waals surface area (Å²) in [5.41, 5.74) is 3.87. The summed E-state index contributed by atoms with van der Waals surface area (Å²) in [6, 6.07) is 4.03. The summed E-state index contributed by atoms with van der Waals surface area (Å²) >= 11 is 0. The van der Waals surface area contributed by atoms with Crippen LogP contribution in [0.2, 0.25) is 0 Å². The van der Waals surface area contributed by atoms with E-state index in [9.17, 15) is 0 Å². The van der Waals surface area contributed by atoms with E-state index in [1.165, 1.54) is 0 Å². The highest BCUT2D eigenvalue weighted by molar-refractivity contribution is 5.59. The SMILES string of the molecule is Cc1cc(-c2cnc(OC[C@H](C)CC(C)C)c(C)c2)ncn1. The lowest BCUT2D eigenvalue weighted by atomic mass is 10.00. The van der Waals surface area contributed by atoms with Crippen molar-refractivity contribution in [2.75, 3.05) is 6.61 Å². The summed E-state index contributed by atoms with van der Waals surface area (Å²) in [5.74, 6) is 1.94. The van der Waals surface area contributed by atoms with Crippen molar-refractivity contribution in [3.63, 3.8) is 0 Å². The maximum absolute atomic E-state index is 5.87. The van der Waals surface area contributed by atoms with Gasteiger partial charge in [-0.05, 0) is 44.2 Å². The lowest BCUT2D eigenvalue weighted by Crippen LogP contribution is -2.12. The average Bonchev–Trinajstić information content (AvgIpc) is 2.45. The van der Waals surface area contributed by atoms with Crippen molar-refractivity contribution < 1.29 is 4.74 Å². The van der Waals surface area contributed by atoms with Crippen LogP contribution in [-0.2, 0) is 0 Å². The highest BCUT2D eigenvalue weighted by Gasteiger charge is 2.10. The van der Waals surface area contributed by atoms with Crippen LogP contribution < -0.4 is 4.74 Å². The van der Waals surface area contributed by atoms with Crippen molar-refractivity contribution in [3.05, 3.63) is 35.9 Å². The molecule has 4 heteroatoms. The summed E-state index contributed by atoms with van der Waals surface area (Å²) in [7, 11) is 0. The molecule has 0 amide bonds. The van der Waals surface area contributed by atoms with Gasteiger partial charge in [0, 0.05) is 23.0 Å². The van der Waals surface area contributed by atoms with Gasteiger partial charge < -0.3 is 4.74 Å². The van der Waals surface area contributed by atoms with Gasteiger partial charge in [0.05, 0.1) is 12.3 Å². The Balaban J connectivity index is 2.07. The zero-order valence-electron chi connectivity index (χ0n) is 14.1. The molecule has 118 valence electrons. The predicted octanol–water partition coefficient (Wildman–Crippen LogP) is 4.22. The molecule has 0 aliphatic heterocycles. The molecule has 2 aromatic rings. The Hall–Kier alpha value is -1.97. The molecule has 0 unspecified atom stereocenters. The Labute approximate surface area is 133 Å². The summed E-state index contributed by atoms with van der Waals surface area (Å²) < 4.78 is 5.87. The Morgan fingerprint density at radius 3 is 2.45 bits per heavy atom. The largest absolute Gasteiger partial charge is 0.477 e. The lowest BCUT2D eigenvalue weighted by molar-refractivity contribution is 0.230. The van der Waals surface area contributed by atoms with Crippen molar-refractivity contribution in [1.29, 1.82) is 0 Å². The van der Waals surface area contributed by atoms with E-state index in [-0.39, 0.29) is 0 Å². The first-order chi connectivity index (χ1) is 10.5. The molecule has 0 aliphatic carbocycles. The minimum absolute atomic E-state index is 0.533. The molecule has 0 saturated carbocycles. The Kier molecular flexibility index (Phi) is 5.47. The highest BCUT2D eigenvalue weighted by Crippen LogP contribution is 2.23. The predicted molar refractivity (Wildman–Crippen MR) is 88.9 cm³/mol. The number of hydrogen-bond acceptors (Lipinski definition) is 4. The zero-order chi connectivity index (χ0) is 16.1. The fourth-order valence-electron chi connectivity index (χ4n) is 2.56. The maximum atomic E-state index is 5.87. The van der Waals surface area contributed by atoms with Crippen LogP contribution in [0.4, 0.5) is 0 Å². The molecule has 2 rings (SSSR count). The zero-order valence-corrected chi connectivity index (χ0v) is 14.1. The van der Waals surface area contributed by atoms with Gasteiger partial charge in [-0.2, -0.15) is 0 Å². The third kappa shape index (κ3) is 4.52. The van der Waals surface area contributed by atoms with Gasteiger partial charge in [0.2, 0.25) is 5.88 Å². The van der Waals surface area contributed by atoms with Crippen LogP contribution >= 0.6 is 0 Å². The third-order valence-electron chi connectivity index (χ3n) is 3.51. The van der Waals surface area contributed by atoms with Crippen molar-refractivity contribution in [1.82, 2.24) is 15.0 Å². The molecule has 0 bridgehead atoms. The molecule has 22 heavy (non-hydrogen) atoms. The Morgan fingerprint density at radius 1 is 1.05 bits per heavy atom. The molecule has 0 radical (unpaired) electrons. The van der Waals surface area contributed by atoms with Crippen molar-refractivity contribution >= 4 is 0 Å². The van der Waals surface area contributed by atoms with Gasteiger partial charge >= 0.3 is 0 Å². The van der Waals surface area contributed by atoms with E-state index in [1.807, 2.05) is 26.1 Å². The van der Waals surface area contributed by atoms with Crippen molar-refractivity contribution in [2.45, 2.75) is 41.0 Å². The smallest absolute Gasteiger partial charge is 0.216 e. The van der Waals surface area contributed by atoms with E-state index in [0.717, 1.165) is 28.9 Å². The van der Waals surface area contributed by atoms with Crippen molar-refractivity contribution in [3.8, 4) is 17.1 Å². The molecule has 2 heterocycles. The molecule has 0 aliphatic rings. The summed E-state index contributed by atoms with van der Waals surface area (Å²) in [5, 5.41) is 0. The first kappa shape index (κ1) is 16.4. The monoisotopic (exact) mass is 299 g/mol. The normalized spacial score (nSPS) is 12.5. The van der Waals surface area contributed by atoms with E-state index in [4.69, 9.17) is 4.74 Å². The molecule has 2 aromatic heterocycles. The third-order valence-corrected chi connectivity index (χ3v) is 3.51. The average molecular weight is 299 g/mol. The van der Waals surface area contributed by atoms with Crippen LogP contribution in [0.25, 0.3) is 11.3 Å². The molecule has 0 aromatic carbocycles. The summed E-state index contributed by atoms with van der Waals surface area (Å²) in [6.07, 6.45) is 4.56. The van der Waals surface area contributed by atoms with Gasteiger partial charge in [-0.1, -0.05) is 20.8 Å². The summed E-state index contributed by atoms with van der Waals surface area (Å²) in [6.45, 7) is 11.4. The second-order valence-corrected chi connectivity index (χ2v) is 6.44. The second-order valence-electron chi connectivity index (χ2n) is 6.44. The van der Waals surface area contributed by atoms with Gasteiger partial charge in [0.15, 0.2) is 0 Å².